The summed E-state index contributed by atoms with van der Waals surface area (Å²) < 4.78 is 19.7. The molecule has 2 aromatic carbocycles. The first-order valence-corrected chi connectivity index (χ1v) is 9.70. The van der Waals surface area contributed by atoms with Gasteiger partial charge in [-0.2, -0.15) is 0 Å². The van der Waals surface area contributed by atoms with Gasteiger partial charge in [0.1, 0.15) is 12.4 Å². The highest BCUT2D eigenvalue weighted by atomic mass is 16.7. The summed E-state index contributed by atoms with van der Waals surface area (Å²) in [5.74, 6) is -0.287. The van der Waals surface area contributed by atoms with Crippen LogP contribution in [-0.4, -0.2) is 51.5 Å². The monoisotopic (exact) mass is 430 g/mol. The van der Waals surface area contributed by atoms with Gasteiger partial charge in [-0.3, -0.25) is 9.59 Å². The molecule has 0 spiro atoms. The Morgan fingerprint density at radius 3 is 2.48 bits per heavy atom. The SMILES string of the molecule is CCOC(=O)Oc1ccc(C(=O)Nc2cccc(CNC(=O)COCCOC)c2)cc1. The second-order valence-corrected chi connectivity index (χ2v) is 6.29. The van der Waals surface area contributed by atoms with Gasteiger partial charge in [-0.15, -0.1) is 0 Å². The van der Waals surface area contributed by atoms with Crippen molar-refractivity contribution < 1.29 is 33.3 Å². The van der Waals surface area contributed by atoms with E-state index < -0.39 is 6.16 Å². The van der Waals surface area contributed by atoms with Crippen LogP contribution >= 0.6 is 0 Å². The summed E-state index contributed by atoms with van der Waals surface area (Å²) >= 11 is 0. The topological polar surface area (TPSA) is 112 Å². The Balaban J connectivity index is 1.85. The number of carbonyl (C=O) groups excluding carboxylic acids is 3. The molecule has 0 aromatic heterocycles. The number of carbonyl (C=O) groups is 3. The van der Waals surface area contributed by atoms with Gasteiger partial charge in [0, 0.05) is 24.9 Å². The number of hydrogen-bond acceptors (Lipinski definition) is 7. The van der Waals surface area contributed by atoms with E-state index in [0.717, 1.165) is 5.56 Å². The second-order valence-electron chi connectivity index (χ2n) is 6.29. The second kappa shape index (κ2) is 13.0. The molecule has 0 saturated carbocycles. The van der Waals surface area contributed by atoms with E-state index in [1.165, 1.54) is 24.3 Å². The third kappa shape index (κ3) is 8.85. The fraction of sp³-hybridized carbons (Fsp3) is 0.318. The van der Waals surface area contributed by atoms with Crippen LogP contribution in [0, 0.1) is 0 Å². The van der Waals surface area contributed by atoms with Crippen LogP contribution in [0.2, 0.25) is 0 Å². The first-order valence-electron chi connectivity index (χ1n) is 9.70. The Hall–Kier alpha value is -3.43. The van der Waals surface area contributed by atoms with Crippen LogP contribution in [-0.2, 0) is 25.5 Å². The summed E-state index contributed by atoms with van der Waals surface area (Å²) in [5.41, 5.74) is 1.80. The summed E-state index contributed by atoms with van der Waals surface area (Å²) in [4.78, 5) is 35.5. The number of methoxy groups -OCH3 is 1. The van der Waals surface area contributed by atoms with Crippen molar-refractivity contribution in [1.29, 1.82) is 0 Å². The zero-order chi connectivity index (χ0) is 22.5. The molecule has 0 saturated heterocycles. The predicted octanol–water partition coefficient (Wildman–Crippen LogP) is 2.75. The van der Waals surface area contributed by atoms with Crippen LogP contribution in [0.5, 0.6) is 5.75 Å². The third-order valence-electron chi connectivity index (χ3n) is 3.92. The van der Waals surface area contributed by atoms with Gasteiger partial charge in [0.05, 0.1) is 19.8 Å². The number of anilines is 1. The van der Waals surface area contributed by atoms with Gasteiger partial charge < -0.3 is 29.6 Å². The van der Waals surface area contributed by atoms with Crippen molar-refractivity contribution in [2.75, 3.05) is 38.9 Å². The van der Waals surface area contributed by atoms with Gasteiger partial charge in [0.2, 0.25) is 5.91 Å². The van der Waals surface area contributed by atoms with Crippen LogP contribution in [0.3, 0.4) is 0 Å². The van der Waals surface area contributed by atoms with E-state index in [-0.39, 0.29) is 30.8 Å². The smallest absolute Gasteiger partial charge is 0.434 e. The van der Waals surface area contributed by atoms with E-state index in [1.807, 2.05) is 6.07 Å². The lowest BCUT2D eigenvalue weighted by molar-refractivity contribution is -0.126. The van der Waals surface area contributed by atoms with Crippen LogP contribution in [0.1, 0.15) is 22.8 Å². The lowest BCUT2D eigenvalue weighted by Crippen LogP contribution is -2.27. The Kier molecular flexibility index (Phi) is 9.99. The van der Waals surface area contributed by atoms with Crippen molar-refractivity contribution in [3.63, 3.8) is 0 Å². The molecular formula is C22H26N2O7. The first kappa shape index (κ1) is 23.8. The zero-order valence-corrected chi connectivity index (χ0v) is 17.5. The number of hydrogen-bond donors (Lipinski definition) is 2. The van der Waals surface area contributed by atoms with Gasteiger partial charge in [-0.05, 0) is 48.9 Å². The maximum atomic E-state index is 12.5. The average Bonchev–Trinajstić information content (AvgIpc) is 2.76. The number of rotatable bonds is 11. The van der Waals surface area contributed by atoms with Crippen LogP contribution in [0.25, 0.3) is 0 Å². The molecule has 0 unspecified atom stereocenters. The van der Waals surface area contributed by atoms with Crippen molar-refractivity contribution in [3.05, 3.63) is 59.7 Å². The molecule has 166 valence electrons. The Morgan fingerprint density at radius 2 is 1.77 bits per heavy atom. The molecule has 0 radical (unpaired) electrons. The number of benzene rings is 2. The Bertz CT molecular complexity index is 868. The van der Waals surface area contributed by atoms with E-state index in [1.54, 1.807) is 32.2 Å². The van der Waals surface area contributed by atoms with Crippen molar-refractivity contribution in [2.45, 2.75) is 13.5 Å². The maximum Gasteiger partial charge on any atom is 0.513 e. The molecule has 9 heteroatoms. The normalized spacial score (nSPS) is 10.3. The van der Waals surface area contributed by atoms with E-state index in [2.05, 4.69) is 10.6 Å². The lowest BCUT2D eigenvalue weighted by Gasteiger charge is -2.10. The molecular weight excluding hydrogens is 404 g/mol. The largest absolute Gasteiger partial charge is 0.513 e. The standard InChI is InChI=1S/C22H26N2O7/c1-3-30-22(27)31-19-9-7-17(8-10-19)21(26)24-18-6-4-5-16(13-18)14-23-20(25)15-29-12-11-28-2/h4-10,13H,3,11-12,14-15H2,1-2H3,(H,23,25)(H,24,26). The fourth-order valence-corrected chi connectivity index (χ4v) is 2.44. The molecule has 0 fully saturated rings. The molecule has 31 heavy (non-hydrogen) atoms. The minimum Gasteiger partial charge on any atom is -0.434 e. The zero-order valence-electron chi connectivity index (χ0n) is 17.5. The van der Waals surface area contributed by atoms with Gasteiger partial charge >= 0.3 is 6.16 Å². The maximum absolute atomic E-state index is 12.5. The molecule has 0 atom stereocenters. The van der Waals surface area contributed by atoms with Gasteiger partial charge in [-0.25, -0.2) is 4.79 Å². The third-order valence-corrected chi connectivity index (χ3v) is 3.92. The van der Waals surface area contributed by atoms with Crippen LogP contribution in [0.4, 0.5) is 10.5 Å². The number of ether oxygens (including phenoxy) is 4. The predicted molar refractivity (Wildman–Crippen MR) is 113 cm³/mol. The van der Waals surface area contributed by atoms with Crippen LogP contribution < -0.4 is 15.4 Å². The molecule has 0 bridgehead atoms. The molecule has 0 heterocycles. The molecule has 9 nitrogen and oxygen atoms in total. The van der Waals surface area contributed by atoms with Crippen molar-refractivity contribution in [2.24, 2.45) is 0 Å². The minimum absolute atomic E-state index is 0.0460. The number of nitrogens with one attached hydrogen (secondary N) is 2. The summed E-state index contributed by atoms with van der Waals surface area (Å²) in [7, 11) is 1.56. The van der Waals surface area contributed by atoms with E-state index >= 15 is 0 Å². The average molecular weight is 430 g/mol. The van der Waals surface area contributed by atoms with Gasteiger partial charge in [0.25, 0.3) is 5.91 Å². The summed E-state index contributed by atoms with van der Waals surface area (Å²) in [5, 5.41) is 5.54. The highest BCUT2D eigenvalue weighted by Gasteiger charge is 2.09. The molecule has 0 aliphatic heterocycles. The molecule has 2 rings (SSSR count). The quantitative estimate of drug-likeness (QED) is 0.320. The van der Waals surface area contributed by atoms with E-state index in [4.69, 9.17) is 18.9 Å². The summed E-state index contributed by atoms with van der Waals surface area (Å²) in [6.45, 7) is 2.92. The molecule has 2 aromatic rings. The highest BCUT2D eigenvalue weighted by Crippen LogP contribution is 2.16. The fourth-order valence-electron chi connectivity index (χ4n) is 2.44. The van der Waals surface area contributed by atoms with E-state index in [9.17, 15) is 14.4 Å². The van der Waals surface area contributed by atoms with Gasteiger partial charge in [0.15, 0.2) is 0 Å². The molecule has 0 aliphatic carbocycles. The molecule has 2 amide bonds. The van der Waals surface area contributed by atoms with Gasteiger partial charge in [-0.1, -0.05) is 12.1 Å². The summed E-state index contributed by atoms with van der Waals surface area (Å²) in [6.07, 6.45) is -0.801. The lowest BCUT2D eigenvalue weighted by atomic mass is 10.1. The van der Waals surface area contributed by atoms with Crippen LogP contribution in [0.15, 0.2) is 48.5 Å². The first-order chi connectivity index (χ1) is 15.0. The van der Waals surface area contributed by atoms with E-state index in [0.29, 0.717) is 31.0 Å². The van der Waals surface area contributed by atoms with Crippen molar-refractivity contribution in [1.82, 2.24) is 5.32 Å². The number of amides is 2. The molecule has 2 N–H and O–H groups in total. The molecule has 0 aliphatic rings. The summed E-state index contributed by atoms with van der Waals surface area (Å²) in [6, 6.07) is 13.2. The van der Waals surface area contributed by atoms with Crippen molar-refractivity contribution >= 4 is 23.7 Å². The Labute approximate surface area is 180 Å². The van der Waals surface area contributed by atoms with Crippen molar-refractivity contribution in [3.8, 4) is 5.75 Å². The highest BCUT2D eigenvalue weighted by molar-refractivity contribution is 6.04. The Morgan fingerprint density at radius 1 is 1.00 bits per heavy atom. The minimum atomic E-state index is -0.801.